The van der Waals surface area contributed by atoms with E-state index in [4.69, 9.17) is 9.84 Å². The number of carbonyl (C=O) groups excluding carboxylic acids is 1. The molecule has 0 atom stereocenters. The SMILES string of the molecule is CN(C)C(=O)C(CCN1CCC(O)(c2ccc(OCCCCO)cc2)CC1)(c1ccccc1)c1ccccc1. The van der Waals surface area contributed by atoms with Crippen molar-refractivity contribution < 1.29 is 19.7 Å². The maximum atomic E-state index is 13.9. The van der Waals surface area contributed by atoms with Gasteiger partial charge in [0.1, 0.15) is 11.2 Å². The highest BCUT2D eigenvalue weighted by molar-refractivity contribution is 5.91. The molecule has 6 heteroatoms. The zero-order valence-electron chi connectivity index (χ0n) is 23.3. The van der Waals surface area contributed by atoms with E-state index in [1.807, 2.05) is 74.8 Å². The summed E-state index contributed by atoms with van der Waals surface area (Å²) in [6.07, 6.45) is 3.46. The van der Waals surface area contributed by atoms with Gasteiger partial charge in [-0.25, -0.2) is 0 Å². The highest BCUT2D eigenvalue weighted by Crippen LogP contribution is 2.39. The third-order valence-corrected chi connectivity index (χ3v) is 8.00. The summed E-state index contributed by atoms with van der Waals surface area (Å²) in [6, 6.07) is 28.0. The predicted molar refractivity (Wildman–Crippen MR) is 155 cm³/mol. The maximum absolute atomic E-state index is 13.9. The number of amides is 1. The topological polar surface area (TPSA) is 73.2 Å². The van der Waals surface area contributed by atoms with Gasteiger partial charge in [-0.1, -0.05) is 72.8 Å². The highest BCUT2D eigenvalue weighted by atomic mass is 16.5. The molecule has 208 valence electrons. The first-order valence-corrected chi connectivity index (χ1v) is 14.0. The molecule has 0 saturated carbocycles. The summed E-state index contributed by atoms with van der Waals surface area (Å²) in [6.45, 7) is 3.01. The van der Waals surface area contributed by atoms with Gasteiger partial charge in [-0.3, -0.25) is 4.79 Å². The minimum atomic E-state index is -0.874. The van der Waals surface area contributed by atoms with Crippen molar-refractivity contribution in [3.8, 4) is 5.75 Å². The van der Waals surface area contributed by atoms with E-state index in [0.29, 0.717) is 25.9 Å². The van der Waals surface area contributed by atoms with Crippen molar-refractivity contribution >= 4 is 5.91 Å². The fraction of sp³-hybridized carbons (Fsp3) is 0.424. The minimum Gasteiger partial charge on any atom is -0.494 e. The van der Waals surface area contributed by atoms with Gasteiger partial charge in [0.25, 0.3) is 0 Å². The van der Waals surface area contributed by atoms with Crippen molar-refractivity contribution in [2.45, 2.75) is 43.1 Å². The van der Waals surface area contributed by atoms with Crippen LogP contribution in [0.4, 0.5) is 0 Å². The van der Waals surface area contributed by atoms with Gasteiger partial charge in [-0.05, 0) is 67.5 Å². The Bertz CT molecular complexity index is 1120. The third kappa shape index (κ3) is 6.70. The molecule has 0 unspecified atom stereocenters. The van der Waals surface area contributed by atoms with Crippen LogP contribution in [0.2, 0.25) is 0 Å². The molecule has 0 bridgehead atoms. The van der Waals surface area contributed by atoms with E-state index < -0.39 is 11.0 Å². The number of unbranched alkanes of at least 4 members (excludes halogenated alkanes) is 1. The Hall–Kier alpha value is -3.19. The Balaban J connectivity index is 1.45. The second-order valence-electron chi connectivity index (χ2n) is 10.8. The molecule has 1 fully saturated rings. The lowest BCUT2D eigenvalue weighted by Crippen LogP contribution is -2.48. The van der Waals surface area contributed by atoms with Crippen LogP contribution in [-0.4, -0.2) is 72.9 Å². The van der Waals surface area contributed by atoms with E-state index >= 15 is 0 Å². The van der Waals surface area contributed by atoms with Crippen LogP contribution in [0.1, 0.15) is 48.8 Å². The first-order chi connectivity index (χ1) is 18.9. The summed E-state index contributed by atoms with van der Waals surface area (Å²) in [5.41, 5.74) is 1.26. The molecule has 0 aromatic heterocycles. The number of carbonyl (C=O) groups is 1. The summed E-state index contributed by atoms with van der Waals surface area (Å²) in [5.74, 6) is 0.855. The van der Waals surface area contributed by atoms with Crippen LogP contribution in [0.15, 0.2) is 84.9 Å². The lowest BCUT2D eigenvalue weighted by molar-refractivity contribution is -0.133. The van der Waals surface area contributed by atoms with Crippen LogP contribution in [0.5, 0.6) is 5.75 Å². The lowest BCUT2D eigenvalue weighted by atomic mass is 9.70. The summed E-state index contributed by atoms with van der Waals surface area (Å²) in [5, 5.41) is 20.4. The van der Waals surface area contributed by atoms with Crippen LogP contribution >= 0.6 is 0 Å². The van der Waals surface area contributed by atoms with Gasteiger partial charge in [-0.15, -0.1) is 0 Å². The number of benzene rings is 3. The zero-order valence-corrected chi connectivity index (χ0v) is 23.3. The fourth-order valence-electron chi connectivity index (χ4n) is 5.66. The zero-order chi connectivity index (χ0) is 27.7. The summed E-state index contributed by atoms with van der Waals surface area (Å²) in [4.78, 5) is 18.0. The van der Waals surface area contributed by atoms with Crippen molar-refractivity contribution in [2.24, 2.45) is 0 Å². The summed E-state index contributed by atoms with van der Waals surface area (Å²) in [7, 11) is 3.66. The number of hydrogen-bond donors (Lipinski definition) is 2. The number of aliphatic hydroxyl groups is 2. The standard InChI is InChI=1S/C33H42N2O4/c1-34(2)31(37)33(28-11-5-3-6-12-28,29-13-7-4-8-14-29)21-24-35-22-19-32(38,20-23-35)27-15-17-30(18-16-27)39-26-10-9-25-36/h3-8,11-18,36,38H,9-10,19-26H2,1-2H3. The Morgan fingerprint density at radius 1 is 0.897 bits per heavy atom. The normalized spacial score (nSPS) is 15.6. The van der Waals surface area contributed by atoms with Crippen LogP contribution in [0.3, 0.4) is 0 Å². The van der Waals surface area contributed by atoms with E-state index in [2.05, 4.69) is 29.2 Å². The molecule has 0 aliphatic carbocycles. The van der Waals surface area contributed by atoms with Gasteiger partial charge in [-0.2, -0.15) is 0 Å². The average molecular weight is 531 g/mol. The van der Waals surface area contributed by atoms with Crippen molar-refractivity contribution in [1.82, 2.24) is 9.80 Å². The van der Waals surface area contributed by atoms with Crippen molar-refractivity contribution in [3.05, 3.63) is 102 Å². The first kappa shape index (κ1) is 28.8. The number of likely N-dealkylation sites (N-methyl/N-ethyl adjacent to an activating group) is 1. The number of nitrogens with zero attached hydrogens (tertiary/aromatic N) is 2. The van der Waals surface area contributed by atoms with E-state index in [9.17, 15) is 9.90 Å². The molecule has 1 amide bonds. The second kappa shape index (κ2) is 13.2. The number of aliphatic hydroxyl groups excluding tert-OH is 1. The maximum Gasteiger partial charge on any atom is 0.237 e. The third-order valence-electron chi connectivity index (χ3n) is 8.00. The van der Waals surface area contributed by atoms with Crippen LogP contribution in [0, 0.1) is 0 Å². The minimum absolute atomic E-state index is 0.0760. The van der Waals surface area contributed by atoms with Crippen molar-refractivity contribution in [3.63, 3.8) is 0 Å². The molecular weight excluding hydrogens is 488 g/mol. The number of likely N-dealkylation sites (tertiary alicyclic amines) is 1. The lowest BCUT2D eigenvalue weighted by Gasteiger charge is -2.41. The fourth-order valence-corrected chi connectivity index (χ4v) is 5.66. The Morgan fingerprint density at radius 3 is 1.97 bits per heavy atom. The number of piperidine rings is 1. The van der Waals surface area contributed by atoms with Gasteiger partial charge >= 0.3 is 0 Å². The van der Waals surface area contributed by atoms with E-state index in [1.165, 1.54) is 0 Å². The molecule has 0 radical (unpaired) electrons. The molecule has 39 heavy (non-hydrogen) atoms. The van der Waals surface area contributed by atoms with Crippen molar-refractivity contribution in [2.75, 3.05) is 46.9 Å². The molecule has 1 saturated heterocycles. The number of hydrogen-bond acceptors (Lipinski definition) is 5. The summed E-state index contributed by atoms with van der Waals surface area (Å²) < 4.78 is 5.74. The Labute approximate surface area is 232 Å². The van der Waals surface area contributed by atoms with Gasteiger partial charge < -0.3 is 24.7 Å². The molecule has 1 aliphatic heterocycles. The molecule has 3 aromatic carbocycles. The second-order valence-corrected chi connectivity index (χ2v) is 10.8. The molecule has 4 rings (SSSR count). The molecule has 0 spiro atoms. The molecular formula is C33H42N2O4. The number of rotatable bonds is 12. The van der Waals surface area contributed by atoms with Gasteiger partial charge in [0, 0.05) is 33.8 Å². The van der Waals surface area contributed by atoms with Gasteiger partial charge in [0.15, 0.2) is 0 Å². The van der Waals surface area contributed by atoms with Crippen LogP contribution in [0.25, 0.3) is 0 Å². The predicted octanol–water partition coefficient (Wildman–Crippen LogP) is 4.59. The van der Waals surface area contributed by atoms with Crippen molar-refractivity contribution in [1.29, 1.82) is 0 Å². The number of ether oxygens (including phenoxy) is 1. The van der Waals surface area contributed by atoms with E-state index in [0.717, 1.165) is 54.9 Å². The molecule has 2 N–H and O–H groups in total. The van der Waals surface area contributed by atoms with E-state index in [-0.39, 0.29) is 12.5 Å². The first-order valence-electron chi connectivity index (χ1n) is 14.0. The average Bonchev–Trinajstić information content (AvgIpc) is 2.98. The largest absolute Gasteiger partial charge is 0.494 e. The molecule has 6 nitrogen and oxygen atoms in total. The van der Waals surface area contributed by atoms with E-state index in [1.54, 1.807) is 4.90 Å². The van der Waals surface area contributed by atoms with Gasteiger partial charge in [0.2, 0.25) is 5.91 Å². The van der Waals surface area contributed by atoms with Crippen LogP contribution in [-0.2, 0) is 15.8 Å². The molecule has 1 aliphatic rings. The Morgan fingerprint density at radius 2 is 1.46 bits per heavy atom. The summed E-state index contributed by atoms with van der Waals surface area (Å²) >= 11 is 0. The molecule has 3 aromatic rings. The monoisotopic (exact) mass is 530 g/mol. The highest BCUT2D eigenvalue weighted by Gasteiger charge is 2.43. The molecule has 1 heterocycles. The quantitative estimate of drug-likeness (QED) is 0.335. The van der Waals surface area contributed by atoms with Crippen LogP contribution < -0.4 is 4.74 Å². The smallest absolute Gasteiger partial charge is 0.237 e. The van der Waals surface area contributed by atoms with Gasteiger partial charge in [0.05, 0.1) is 12.2 Å². The Kier molecular flexibility index (Phi) is 9.78.